The van der Waals surface area contributed by atoms with E-state index in [4.69, 9.17) is 4.74 Å². The van der Waals surface area contributed by atoms with Gasteiger partial charge in [0.05, 0.1) is 5.75 Å². The van der Waals surface area contributed by atoms with E-state index < -0.39 is 0 Å². The first-order valence-electron chi connectivity index (χ1n) is 9.93. The number of ether oxygens (including phenoxy) is 1. The summed E-state index contributed by atoms with van der Waals surface area (Å²) in [5.41, 5.74) is 2.10. The number of aryl methyl sites for hydroxylation is 2. The van der Waals surface area contributed by atoms with E-state index >= 15 is 0 Å². The number of thioether (sulfide) groups is 1. The molecule has 1 aromatic rings. The third-order valence-electron chi connectivity index (χ3n) is 6.80. The van der Waals surface area contributed by atoms with Crippen molar-refractivity contribution in [2.45, 2.75) is 57.3 Å². The van der Waals surface area contributed by atoms with Gasteiger partial charge in [0.2, 0.25) is 0 Å². The summed E-state index contributed by atoms with van der Waals surface area (Å²) >= 11 is 5.01. The molecule has 0 spiro atoms. The molecule has 5 heteroatoms. The zero-order valence-electron chi connectivity index (χ0n) is 16.1. The second-order valence-electron chi connectivity index (χ2n) is 8.94. The molecule has 0 heterocycles. The molecule has 0 aromatic heterocycles. The molecule has 4 saturated carbocycles. The molecule has 4 aliphatic carbocycles. The van der Waals surface area contributed by atoms with Gasteiger partial charge < -0.3 is 4.74 Å². The Kier molecular flexibility index (Phi) is 5.45. The standard InChI is InChI=1S/C22H27BrO3S/c1-13-4-19(14(2)3-18(13)23)27-12-21(25)26-11-20(24)22-8-15-5-16(9-22)7-17(6-15)10-22/h3-4,15-17H,5-12H2,1-2H3. The number of esters is 1. The highest BCUT2D eigenvalue weighted by Crippen LogP contribution is 2.60. The smallest absolute Gasteiger partial charge is 0.316 e. The van der Waals surface area contributed by atoms with Gasteiger partial charge in [0.15, 0.2) is 12.4 Å². The van der Waals surface area contributed by atoms with Crippen LogP contribution in [0.25, 0.3) is 0 Å². The maximum Gasteiger partial charge on any atom is 0.316 e. The molecule has 27 heavy (non-hydrogen) atoms. The molecule has 0 saturated heterocycles. The fraction of sp³-hybridized carbons (Fsp3) is 0.636. The van der Waals surface area contributed by atoms with E-state index in [1.54, 1.807) is 0 Å². The van der Waals surface area contributed by atoms with Gasteiger partial charge in [-0.15, -0.1) is 11.8 Å². The first-order valence-corrected chi connectivity index (χ1v) is 11.7. The van der Waals surface area contributed by atoms with Gasteiger partial charge in [-0.05, 0) is 93.4 Å². The molecule has 0 atom stereocenters. The molecular formula is C22H27BrO3S. The maximum atomic E-state index is 12.9. The zero-order valence-corrected chi connectivity index (χ0v) is 18.5. The molecule has 0 unspecified atom stereocenters. The predicted octanol–water partition coefficient (Wildman–Crippen LogP) is 5.49. The Bertz CT molecular complexity index is 738. The Morgan fingerprint density at radius 1 is 1.07 bits per heavy atom. The Hall–Kier alpha value is -0.810. The molecule has 0 aliphatic heterocycles. The quantitative estimate of drug-likeness (QED) is 0.424. The van der Waals surface area contributed by atoms with Crippen molar-refractivity contribution in [3.05, 3.63) is 27.7 Å². The average molecular weight is 451 g/mol. The maximum absolute atomic E-state index is 12.9. The number of ketones is 1. The largest absolute Gasteiger partial charge is 0.457 e. The lowest BCUT2D eigenvalue weighted by Gasteiger charge is -2.55. The van der Waals surface area contributed by atoms with Crippen LogP contribution in [0.3, 0.4) is 0 Å². The summed E-state index contributed by atoms with van der Waals surface area (Å²) in [6.07, 6.45) is 7.03. The average Bonchev–Trinajstić information content (AvgIpc) is 2.60. The van der Waals surface area contributed by atoms with Crippen LogP contribution in [0.2, 0.25) is 0 Å². The molecular weight excluding hydrogens is 424 g/mol. The van der Waals surface area contributed by atoms with Crippen molar-refractivity contribution in [1.29, 1.82) is 0 Å². The first kappa shape index (κ1) is 19.5. The van der Waals surface area contributed by atoms with Crippen molar-refractivity contribution in [3.63, 3.8) is 0 Å². The van der Waals surface area contributed by atoms with Gasteiger partial charge in [0, 0.05) is 14.8 Å². The van der Waals surface area contributed by atoms with Crippen molar-refractivity contribution in [3.8, 4) is 0 Å². The van der Waals surface area contributed by atoms with Crippen LogP contribution in [0.15, 0.2) is 21.5 Å². The van der Waals surface area contributed by atoms with Gasteiger partial charge in [0.25, 0.3) is 0 Å². The van der Waals surface area contributed by atoms with E-state index in [0.717, 1.165) is 57.5 Å². The van der Waals surface area contributed by atoms with Crippen LogP contribution >= 0.6 is 27.7 Å². The number of halogens is 1. The van der Waals surface area contributed by atoms with Crippen LogP contribution in [0, 0.1) is 37.0 Å². The Labute approximate surface area is 174 Å². The fourth-order valence-electron chi connectivity index (χ4n) is 5.84. The lowest BCUT2D eigenvalue weighted by Crippen LogP contribution is -2.51. The topological polar surface area (TPSA) is 43.4 Å². The van der Waals surface area contributed by atoms with E-state index in [0.29, 0.717) is 0 Å². The lowest BCUT2D eigenvalue weighted by molar-refractivity contribution is -0.156. The van der Waals surface area contributed by atoms with Crippen molar-refractivity contribution in [2.75, 3.05) is 12.4 Å². The lowest BCUT2D eigenvalue weighted by atomic mass is 9.48. The molecule has 4 fully saturated rings. The van der Waals surface area contributed by atoms with Crippen LogP contribution < -0.4 is 0 Å². The number of rotatable bonds is 6. The normalized spacial score (nSPS) is 31.1. The fourth-order valence-corrected chi connectivity index (χ4v) is 7.20. The Morgan fingerprint density at radius 2 is 1.67 bits per heavy atom. The van der Waals surface area contributed by atoms with Gasteiger partial charge in [-0.3, -0.25) is 9.59 Å². The summed E-state index contributed by atoms with van der Waals surface area (Å²) in [6, 6.07) is 4.15. The molecule has 0 radical (unpaired) electrons. The molecule has 0 amide bonds. The minimum atomic E-state index is -0.293. The molecule has 0 N–H and O–H groups in total. The third kappa shape index (κ3) is 4.00. The minimum Gasteiger partial charge on any atom is -0.457 e. The SMILES string of the molecule is Cc1cc(SCC(=O)OCC(=O)C23CC4CC(CC(C4)C2)C3)c(C)cc1Br. The van der Waals surface area contributed by atoms with E-state index in [9.17, 15) is 9.59 Å². The number of benzene rings is 1. The predicted molar refractivity (Wildman–Crippen MR) is 111 cm³/mol. The van der Waals surface area contributed by atoms with E-state index in [1.807, 2.05) is 13.8 Å². The van der Waals surface area contributed by atoms with Crippen molar-refractivity contribution < 1.29 is 14.3 Å². The summed E-state index contributed by atoms with van der Waals surface area (Å²) < 4.78 is 6.47. The monoisotopic (exact) mass is 450 g/mol. The molecule has 4 aliphatic rings. The Morgan fingerprint density at radius 3 is 2.26 bits per heavy atom. The highest BCUT2D eigenvalue weighted by atomic mass is 79.9. The van der Waals surface area contributed by atoms with Crippen molar-refractivity contribution >= 4 is 39.4 Å². The van der Waals surface area contributed by atoms with Gasteiger partial charge in [0.1, 0.15) is 0 Å². The molecule has 3 nitrogen and oxygen atoms in total. The second kappa shape index (κ2) is 7.55. The van der Waals surface area contributed by atoms with E-state index in [-0.39, 0.29) is 29.5 Å². The number of carbonyl (C=O) groups is 2. The molecule has 146 valence electrons. The summed E-state index contributed by atoms with van der Waals surface area (Å²) in [6.45, 7) is 4.04. The molecule has 4 bridgehead atoms. The van der Waals surface area contributed by atoms with Crippen LogP contribution in [0.5, 0.6) is 0 Å². The number of hydrogen-bond donors (Lipinski definition) is 0. The summed E-state index contributed by atoms with van der Waals surface area (Å²) in [7, 11) is 0. The van der Waals surface area contributed by atoms with Crippen LogP contribution in [0.4, 0.5) is 0 Å². The van der Waals surface area contributed by atoms with Crippen LogP contribution in [0.1, 0.15) is 49.7 Å². The van der Waals surface area contributed by atoms with Crippen LogP contribution in [-0.2, 0) is 14.3 Å². The van der Waals surface area contributed by atoms with Crippen molar-refractivity contribution in [1.82, 2.24) is 0 Å². The van der Waals surface area contributed by atoms with Gasteiger partial charge in [-0.1, -0.05) is 15.9 Å². The highest BCUT2D eigenvalue weighted by molar-refractivity contribution is 9.10. The van der Waals surface area contributed by atoms with Crippen LogP contribution in [-0.4, -0.2) is 24.1 Å². The van der Waals surface area contributed by atoms with Gasteiger partial charge in [-0.2, -0.15) is 0 Å². The number of carbonyl (C=O) groups excluding carboxylic acids is 2. The minimum absolute atomic E-state index is 0.0378. The molecule has 1 aromatic carbocycles. The second-order valence-corrected chi connectivity index (χ2v) is 10.8. The first-order chi connectivity index (χ1) is 12.8. The summed E-state index contributed by atoms with van der Waals surface area (Å²) in [4.78, 5) is 26.2. The number of hydrogen-bond acceptors (Lipinski definition) is 4. The van der Waals surface area contributed by atoms with Crippen molar-refractivity contribution in [2.24, 2.45) is 23.2 Å². The molecule has 5 rings (SSSR count). The summed E-state index contributed by atoms with van der Waals surface area (Å²) in [5.74, 6) is 2.32. The zero-order chi connectivity index (χ0) is 19.2. The summed E-state index contributed by atoms with van der Waals surface area (Å²) in [5, 5.41) is 0. The third-order valence-corrected chi connectivity index (χ3v) is 8.78. The van der Waals surface area contributed by atoms with Gasteiger partial charge >= 0.3 is 5.97 Å². The number of Topliss-reactive ketones (excluding diaryl/α,β-unsaturated/α-hetero) is 1. The van der Waals surface area contributed by atoms with E-state index in [1.165, 1.54) is 31.0 Å². The van der Waals surface area contributed by atoms with E-state index in [2.05, 4.69) is 28.1 Å². The Balaban J connectivity index is 1.30. The van der Waals surface area contributed by atoms with Gasteiger partial charge in [-0.25, -0.2) is 0 Å². The highest BCUT2D eigenvalue weighted by Gasteiger charge is 2.54.